The van der Waals surface area contributed by atoms with Crippen molar-refractivity contribution in [1.82, 2.24) is 0 Å². The van der Waals surface area contributed by atoms with Crippen LogP contribution in [0, 0.1) is 0 Å². The normalized spacial score (nSPS) is 9.24. The Morgan fingerprint density at radius 2 is 1.88 bits per heavy atom. The predicted molar refractivity (Wildman–Crippen MR) is 54.5 cm³/mol. The highest BCUT2D eigenvalue weighted by Gasteiger charge is 2.15. The van der Waals surface area contributed by atoms with Gasteiger partial charge in [-0.2, -0.15) is 8.42 Å². The van der Waals surface area contributed by atoms with E-state index in [0.717, 1.165) is 0 Å². The molecule has 0 amide bonds. The summed E-state index contributed by atoms with van der Waals surface area (Å²) < 4.78 is 27.4. The summed E-state index contributed by atoms with van der Waals surface area (Å²) in [4.78, 5) is 26.2. The molecule has 0 bridgehead atoms. The van der Waals surface area contributed by atoms with Gasteiger partial charge in [0.25, 0.3) is 0 Å². The molecule has 0 fully saturated rings. The minimum Gasteiger partial charge on any atom is -0.426 e. The number of esters is 1. The van der Waals surface area contributed by atoms with Gasteiger partial charge in [-0.25, -0.2) is 4.79 Å². The van der Waals surface area contributed by atoms with Gasteiger partial charge in [-0.05, 0) is 12.1 Å². The van der Waals surface area contributed by atoms with Crippen LogP contribution in [-0.4, -0.2) is 20.4 Å². The molecule has 0 aliphatic heterocycles. The Labute approximate surface area is 97.6 Å². The summed E-state index contributed by atoms with van der Waals surface area (Å²) in [5, 5.41) is 0. The molecule has 0 N–H and O–H groups in total. The third kappa shape index (κ3) is 4.03. The molecule has 8 heteroatoms. The predicted octanol–water partition coefficient (Wildman–Crippen LogP) is 0.746. The molecule has 0 spiro atoms. The van der Waals surface area contributed by atoms with Crippen LogP contribution in [0.1, 0.15) is 17.3 Å². The molecule has 0 aliphatic carbocycles. The Balaban J connectivity index is 3.00. The zero-order valence-corrected chi connectivity index (χ0v) is 9.43. The summed E-state index contributed by atoms with van der Waals surface area (Å²) in [6.45, 7) is 1.17. The fourth-order valence-electron chi connectivity index (χ4n) is 0.993. The van der Waals surface area contributed by atoms with Gasteiger partial charge >= 0.3 is 22.4 Å². The lowest BCUT2D eigenvalue weighted by Gasteiger charge is -2.04. The van der Waals surface area contributed by atoms with E-state index < -0.39 is 22.4 Å². The lowest BCUT2D eigenvalue weighted by molar-refractivity contribution is -0.131. The fourth-order valence-corrected chi connectivity index (χ4v) is 1.12. The van der Waals surface area contributed by atoms with Crippen molar-refractivity contribution in [2.75, 3.05) is 0 Å². The summed E-state index contributed by atoms with van der Waals surface area (Å²) in [6.07, 6.45) is 0. The van der Waals surface area contributed by atoms with Gasteiger partial charge in [-0.15, -0.1) is 0 Å². The number of carbonyl (C=O) groups is 2. The fraction of sp³-hybridized carbons (Fsp3) is 0.111. The molecular formula is C9H7NO6S. The third-order valence-electron chi connectivity index (χ3n) is 1.54. The summed E-state index contributed by atoms with van der Waals surface area (Å²) in [7, 11) is -2.85. The van der Waals surface area contributed by atoms with Crippen LogP contribution >= 0.6 is 0 Å². The number of hydrogen-bond acceptors (Lipinski definition) is 7. The zero-order chi connectivity index (χ0) is 12.8. The molecular weight excluding hydrogens is 250 g/mol. The average molecular weight is 257 g/mol. The summed E-state index contributed by atoms with van der Waals surface area (Å²) in [5.41, 5.74) is -0.100. The van der Waals surface area contributed by atoms with Crippen LogP contribution < -0.4 is 4.74 Å². The number of carbonyl (C=O) groups excluding carboxylic acids is 2. The molecule has 0 saturated heterocycles. The largest absolute Gasteiger partial charge is 0.426 e. The van der Waals surface area contributed by atoms with E-state index in [-0.39, 0.29) is 11.3 Å². The van der Waals surface area contributed by atoms with E-state index >= 15 is 0 Å². The molecule has 0 aliphatic rings. The maximum Gasteiger partial charge on any atom is 0.370 e. The van der Waals surface area contributed by atoms with Crippen LogP contribution in [0.2, 0.25) is 0 Å². The topological polar surface area (TPSA) is 99.1 Å². The molecule has 1 rings (SSSR count). The SMILES string of the molecule is CC(=O)Oc1ccccc1C(=O)ON=S(=O)=O. The van der Waals surface area contributed by atoms with Crippen LogP contribution in [0.5, 0.6) is 5.75 Å². The second kappa shape index (κ2) is 5.75. The van der Waals surface area contributed by atoms with Crippen molar-refractivity contribution in [3.8, 4) is 5.75 Å². The van der Waals surface area contributed by atoms with Gasteiger partial charge in [-0.3, -0.25) is 9.63 Å². The molecule has 90 valence electrons. The molecule has 7 nitrogen and oxygen atoms in total. The minimum atomic E-state index is -2.85. The van der Waals surface area contributed by atoms with Gasteiger partial charge < -0.3 is 4.74 Å². The van der Waals surface area contributed by atoms with Gasteiger partial charge in [0.15, 0.2) is 0 Å². The Hall–Kier alpha value is -2.22. The van der Waals surface area contributed by atoms with Gasteiger partial charge in [0.2, 0.25) is 0 Å². The molecule has 0 unspecified atom stereocenters. The minimum absolute atomic E-state index is 0.0307. The molecule has 0 radical (unpaired) electrons. The van der Waals surface area contributed by atoms with Gasteiger partial charge in [0, 0.05) is 6.92 Å². The number of hydrogen-bond donors (Lipinski definition) is 0. The van der Waals surface area contributed by atoms with Crippen molar-refractivity contribution in [1.29, 1.82) is 0 Å². The van der Waals surface area contributed by atoms with E-state index in [0.29, 0.717) is 0 Å². The Kier molecular flexibility index (Phi) is 4.35. The van der Waals surface area contributed by atoms with Crippen LogP contribution in [0.3, 0.4) is 0 Å². The maximum absolute atomic E-state index is 11.4. The highest BCUT2D eigenvalue weighted by atomic mass is 32.2. The zero-order valence-electron chi connectivity index (χ0n) is 8.61. The number of ether oxygens (including phenoxy) is 1. The lowest BCUT2D eigenvalue weighted by Crippen LogP contribution is -2.08. The van der Waals surface area contributed by atoms with Crippen molar-refractivity contribution < 1.29 is 27.6 Å². The summed E-state index contributed by atoms with van der Waals surface area (Å²) >= 11 is 0. The lowest BCUT2D eigenvalue weighted by atomic mass is 10.2. The Morgan fingerprint density at radius 3 is 2.47 bits per heavy atom. The molecule has 1 aromatic rings. The second-order valence-electron chi connectivity index (χ2n) is 2.76. The quantitative estimate of drug-likeness (QED) is 0.450. The first-order valence-electron chi connectivity index (χ1n) is 4.30. The maximum atomic E-state index is 11.4. The molecule has 1 aromatic carbocycles. The van der Waals surface area contributed by atoms with Gasteiger partial charge in [0.05, 0.1) is 4.53 Å². The number of rotatable bonds is 3. The van der Waals surface area contributed by atoms with Crippen molar-refractivity contribution in [2.45, 2.75) is 6.92 Å². The highest BCUT2D eigenvalue weighted by molar-refractivity contribution is 7.61. The van der Waals surface area contributed by atoms with Crippen molar-refractivity contribution in [3.05, 3.63) is 29.8 Å². The van der Waals surface area contributed by atoms with Crippen LogP contribution in [0.25, 0.3) is 0 Å². The van der Waals surface area contributed by atoms with Gasteiger partial charge in [-0.1, -0.05) is 12.1 Å². The van der Waals surface area contributed by atoms with Crippen molar-refractivity contribution >= 4 is 22.4 Å². The van der Waals surface area contributed by atoms with E-state index in [2.05, 4.69) is 9.36 Å². The molecule has 0 heterocycles. The smallest absolute Gasteiger partial charge is 0.370 e. The Morgan fingerprint density at radius 1 is 1.24 bits per heavy atom. The monoisotopic (exact) mass is 257 g/mol. The number of nitrogens with zero attached hydrogens (tertiary/aromatic N) is 1. The summed E-state index contributed by atoms with van der Waals surface area (Å²) in [6, 6.07) is 5.71. The van der Waals surface area contributed by atoms with Crippen molar-refractivity contribution in [3.63, 3.8) is 0 Å². The van der Waals surface area contributed by atoms with Crippen LogP contribution in [0.4, 0.5) is 0 Å². The summed E-state index contributed by atoms with van der Waals surface area (Å²) in [5.74, 6) is -1.68. The van der Waals surface area contributed by atoms with Crippen LogP contribution in [-0.2, 0) is 20.1 Å². The first-order chi connectivity index (χ1) is 8.00. The molecule has 17 heavy (non-hydrogen) atoms. The van der Waals surface area contributed by atoms with E-state index in [1.165, 1.54) is 31.2 Å². The molecule has 0 atom stereocenters. The average Bonchev–Trinajstić information content (AvgIpc) is 2.25. The number of para-hydroxylation sites is 1. The first-order valence-corrected chi connectivity index (χ1v) is 5.33. The first kappa shape index (κ1) is 12.8. The van der Waals surface area contributed by atoms with Crippen molar-refractivity contribution in [2.24, 2.45) is 4.53 Å². The van der Waals surface area contributed by atoms with E-state index in [1.54, 1.807) is 0 Å². The van der Waals surface area contributed by atoms with E-state index in [9.17, 15) is 18.0 Å². The molecule has 0 aromatic heterocycles. The second-order valence-corrected chi connectivity index (χ2v) is 3.34. The van der Waals surface area contributed by atoms with Crippen LogP contribution in [0.15, 0.2) is 28.8 Å². The van der Waals surface area contributed by atoms with E-state index in [1.807, 2.05) is 0 Å². The standard InChI is InChI=1S/C9H7NO6S/c1-6(11)15-8-5-3-2-4-7(8)9(12)16-10-17(13)14/h2-5H,1H3. The van der Waals surface area contributed by atoms with E-state index in [4.69, 9.17) is 4.74 Å². The molecule has 0 saturated carbocycles. The third-order valence-corrected chi connectivity index (χ3v) is 1.74. The number of benzene rings is 1. The van der Waals surface area contributed by atoms with Gasteiger partial charge in [0.1, 0.15) is 11.3 Å². The highest BCUT2D eigenvalue weighted by Crippen LogP contribution is 2.19. The Bertz CT molecular complexity index is 569.